The first kappa shape index (κ1) is 22.6. The van der Waals surface area contributed by atoms with Gasteiger partial charge >= 0.3 is 0 Å². The number of nitrogens with one attached hydrogen (secondary N) is 1. The molecular weight excluding hydrogens is 472 g/mol. The van der Waals surface area contributed by atoms with Crippen molar-refractivity contribution < 1.29 is 17.2 Å². The van der Waals surface area contributed by atoms with Gasteiger partial charge in [0.1, 0.15) is 29.7 Å². The number of piperidine rings is 1. The van der Waals surface area contributed by atoms with E-state index >= 15 is 8.78 Å². The topological polar surface area (TPSA) is 80.1 Å². The highest BCUT2D eigenvalue weighted by Crippen LogP contribution is 2.56. The third-order valence-electron chi connectivity index (χ3n) is 7.77. The van der Waals surface area contributed by atoms with Gasteiger partial charge in [0, 0.05) is 43.5 Å². The SMILES string of the molecule is O=S1(=O)C(Cc2cc(F)c(N3C[C@@H]4C(n5cnnc5)[C@@H]4C3)cc2F)NCCC[C@@H]1c1ccccc1. The van der Waals surface area contributed by atoms with Crippen LogP contribution in [0.15, 0.2) is 55.1 Å². The van der Waals surface area contributed by atoms with E-state index in [1.54, 1.807) is 12.7 Å². The molecule has 184 valence electrons. The van der Waals surface area contributed by atoms with Gasteiger partial charge in [0.2, 0.25) is 0 Å². The first-order valence-electron chi connectivity index (χ1n) is 12.0. The quantitative estimate of drug-likeness (QED) is 0.581. The maximum Gasteiger partial charge on any atom is 0.173 e. The zero-order chi connectivity index (χ0) is 24.2. The Morgan fingerprint density at radius 2 is 1.71 bits per heavy atom. The van der Waals surface area contributed by atoms with Crippen LogP contribution >= 0.6 is 0 Å². The number of aromatic nitrogens is 3. The lowest BCUT2D eigenvalue weighted by Crippen LogP contribution is -2.39. The minimum atomic E-state index is -3.66. The number of anilines is 1. The van der Waals surface area contributed by atoms with Gasteiger partial charge in [-0.2, -0.15) is 0 Å². The van der Waals surface area contributed by atoms with E-state index in [1.807, 2.05) is 39.8 Å². The molecule has 3 heterocycles. The Balaban J connectivity index is 1.20. The van der Waals surface area contributed by atoms with E-state index in [4.69, 9.17) is 0 Å². The second-order valence-electron chi connectivity index (χ2n) is 9.80. The van der Waals surface area contributed by atoms with Gasteiger partial charge in [-0.05, 0) is 36.6 Å². The Morgan fingerprint density at radius 3 is 2.43 bits per heavy atom. The highest BCUT2D eigenvalue weighted by Gasteiger charge is 2.57. The fraction of sp³-hybridized carbons (Fsp3) is 0.440. The summed E-state index contributed by atoms with van der Waals surface area (Å²) in [5.74, 6) is -0.365. The molecule has 7 nitrogen and oxygen atoms in total. The summed E-state index contributed by atoms with van der Waals surface area (Å²) in [6.45, 7) is 1.79. The number of hydrogen-bond acceptors (Lipinski definition) is 6. The average molecular weight is 500 g/mol. The van der Waals surface area contributed by atoms with E-state index < -0.39 is 32.1 Å². The van der Waals surface area contributed by atoms with Gasteiger partial charge in [0.15, 0.2) is 9.84 Å². The van der Waals surface area contributed by atoms with Crippen molar-refractivity contribution in [2.24, 2.45) is 11.8 Å². The number of halogens is 2. The molecule has 10 heteroatoms. The van der Waals surface area contributed by atoms with Crippen LogP contribution in [0.25, 0.3) is 0 Å². The van der Waals surface area contributed by atoms with Crippen LogP contribution < -0.4 is 10.2 Å². The Morgan fingerprint density at radius 1 is 1.00 bits per heavy atom. The highest BCUT2D eigenvalue weighted by molar-refractivity contribution is 7.92. The predicted octanol–water partition coefficient (Wildman–Crippen LogP) is 3.27. The summed E-state index contributed by atoms with van der Waals surface area (Å²) in [5, 5.41) is 9.13. The van der Waals surface area contributed by atoms with E-state index in [1.165, 1.54) is 12.1 Å². The smallest absolute Gasteiger partial charge is 0.173 e. The summed E-state index contributed by atoms with van der Waals surface area (Å²) in [5.41, 5.74) is 1.05. The number of hydrogen-bond donors (Lipinski definition) is 1. The Labute approximate surface area is 203 Å². The predicted molar refractivity (Wildman–Crippen MR) is 127 cm³/mol. The van der Waals surface area contributed by atoms with Gasteiger partial charge < -0.3 is 14.8 Å². The molecule has 0 bridgehead atoms. The molecule has 2 saturated heterocycles. The van der Waals surface area contributed by atoms with Crippen LogP contribution in [0.4, 0.5) is 14.5 Å². The Bertz CT molecular complexity index is 1310. The minimum Gasteiger partial charge on any atom is -0.368 e. The molecule has 2 unspecified atom stereocenters. The lowest BCUT2D eigenvalue weighted by Gasteiger charge is -2.25. The van der Waals surface area contributed by atoms with Crippen molar-refractivity contribution in [2.45, 2.75) is 35.9 Å². The maximum atomic E-state index is 15.2. The standard InChI is InChI=1S/C25H27F2N5O2S/c26-20-11-22(31-12-18-19(13-31)25(18)32-14-29-30-15-32)21(27)9-17(20)10-24-28-8-4-7-23(35(24,33)34)16-5-2-1-3-6-16/h1-3,5-6,9,11,14-15,18-19,23-25,28H,4,7-8,10,12-13H2/t18-,19+,23-,24?,25?/m1/s1. The van der Waals surface area contributed by atoms with E-state index in [2.05, 4.69) is 15.5 Å². The van der Waals surface area contributed by atoms with Gasteiger partial charge in [0.05, 0.1) is 10.9 Å². The van der Waals surface area contributed by atoms with E-state index in [-0.39, 0.29) is 17.7 Å². The van der Waals surface area contributed by atoms with Gasteiger partial charge in [-0.3, -0.25) is 0 Å². The average Bonchev–Trinajstić information content (AvgIpc) is 3.19. The zero-order valence-electron chi connectivity index (χ0n) is 19.1. The third-order valence-corrected chi connectivity index (χ3v) is 10.2. The first-order valence-corrected chi connectivity index (χ1v) is 13.6. The van der Waals surface area contributed by atoms with Gasteiger partial charge in [-0.1, -0.05) is 30.3 Å². The van der Waals surface area contributed by atoms with Crippen LogP contribution in [0.3, 0.4) is 0 Å². The normalized spacial score (nSPS) is 29.5. The van der Waals surface area contributed by atoms with Gasteiger partial charge in [-0.15, -0.1) is 10.2 Å². The molecule has 3 fully saturated rings. The number of rotatable bonds is 5. The lowest BCUT2D eigenvalue weighted by atomic mass is 10.1. The van der Waals surface area contributed by atoms with Crippen LogP contribution in [0.2, 0.25) is 0 Å². The summed E-state index contributed by atoms with van der Waals surface area (Å²) in [7, 11) is -3.66. The fourth-order valence-electron chi connectivity index (χ4n) is 5.91. The zero-order valence-corrected chi connectivity index (χ0v) is 19.9. The molecule has 1 saturated carbocycles. The van der Waals surface area contributed by atoms with Gasteiger partial charge in [0.25, 0.3) is 0 Å². The molecule has 0 radical (unpaired) electrons. The largest absolute Gasteiger partial charge is 0.368 e. The van der Waals surface area contributed by atoms with E-state index in [0.717, 1.165) is 5.56 Å². The van der Waals surface area contributed by atoms with Crippen molar-refractivity contribution >= 4 is 15.5 Å². The first-order chi connectivity index (χ1) is 16.9. The molecule has 1 N–H and O–H groups in total. The van der Waals surface area contributed by atoms with Gasteiger partial charge in [-0.25, -0.2) is 17.2 Å². The van der Waals surface area contributed by atoms with Crippen molar-refractivity contribution in [3.05, 3.63) is 77.9 Å². The minimum absolute atomic E-state index is 0.0766. The molecule has 1 aliphatic carbocycles. The third kappa shape index (κ3) is 4.02. The molecule has 5 atom stereocenters. The summed E-state index contributed by atoms with van der Waals surface area (Å²) < 4.78 is 59.3. The number of nitrogens with zero attached hydrogens (tertiary/aromatic N) is 4. The molecular formula is C25H27F2N5O2S. The number of fused-ring (bicyclic) bond motifs is 1. The lowest BCUT2D eigenvalue weighted by molar-refractivity contribution is 0.536. The Hall–Kier alpha value is -2.85. The van der Waals surface area contributed by atoms with Crippen LogP contribution in [-0.4, -0.2) is 48.2 Å². The molecule has 2 aliphatic heterocycles. The second-order valence-corrected chi connectivity index (χ2v) is 12.1. The van der Waals surface area contributed by atoms with Crippen LogP contribution in [0, 0.1) is 23.5 Å². The van der Waals surface area contributed by atoms with E-state index in [0.29, 0.717) is 50.4 Å². The number of benzene rings is 2. The summed E-state index contributed by atoms with van der Waals surface area (Å²) in [4.78, 5) is 1.88. The molecule has 3 aliphatic rings. The summed E-state index contributed by atoms with van der Waals surface area (Å²) in [6, 6.07) is 11.8. The second kappa shape index (κ2) is 8.67. The molecule has 0 amide bonds. The molecule has 0 spiro atoms. The van der Waals surface area contributed by atoms with Crippen molar-refractivity contribution in [3.63, 3.8) is 0 Å². The van der Waals surface area contributed by atoms with Crippen molar-refractivity contribution in [1.29, 1.82) is 0 Å². The molecule has 6 rings (SSSR count). The van der Waals surface area contributed by atoms with Crippen LogP contribution in [0.5, 0.6) is 0 Å². The molecule has 2 aromatic carbocycles. The van der Waals surface area contributed by atoms with Crippen molar-refractivity contribution in [1.82, 2.24) is 20.1 Å². The molecule has 3 aromatic rings. The van der Waals surface area contributed by atoms with Crippen LogP contribution in [0.1, 0.15) is 35.3 Å². The molecule has 35 heavy (non-hydrogen) atoms. The Kier molecular flexibility index (Phi) is 5.60. The van der Waals surface area contributed by atoms with Crippen molar-refractivity contribution in [3.8, 4) is 0 Å². The summed E-state index contributed by atoms with van der Waals surface area (Å²) >= 11 is 0. The fourth-order valence-corrected chi connectivity index (χ4v) is 8.10. The van der Waals surface area contributed by atoms with E-state index in [9.17, 15) is 8.42 Å². The monoisotopic (exact) mass is 499 g/mol. The van der Waals surface area contributed by atoms with Crippen molar-refractivity contribution in [2.75, 3.05) is 24.5 Å². The summed E-state index contributed by atoms with van der Waals surface area (Å²) in [6.07, 6.45) is 4.47. The number of sulfone groups is 1. The maximum absolute atomic E-state index is 15.2. The highest BCUT2D eigenvalue weighted by atomic mass is 32.2. The van der Waals surface area contributed by atoms with Crippen LogP contribution in [-0.2, 0) is 16.3 Å². The molecule has 1 aromatic heterocycles.